The van der Waals surface area contributed by atoms with E-state index in [0.717, 1.165) is 10.0 Å². The van der Waals surface area contributed by atoms with Crippen molar-refractivity contribution in [1.82, 2.24) is 0 Å². The van der Waals surface area contributed by atoms with Gasteiger partial charge in [0, 0.05) is 17.1 Å². The zero-order valence-electron chi connectivity index (χ0n) is 8.02. The van der Waals surface area contributed by atoms with Crippen molar-refractivity contribution in [1.29, 1.82) is 0 Å². The predicted octanol–water partition coefficient (Wildman–Crippen LogP) is 2.18. The van der Waals surface area contributed by atoms with Gasteiger partial charge in [-0.05, 0) is 17.7 Å². The molecule has 0 amide bonds. The Balaban J connectivity index is 2.04. The van der Waals surface area contributed by atoms with E-state index in [9.17, 15) is 4.79 Å². The Morgan fingerprint density at radius 2 is 2.13 bits per heavy atom. The second-order valence-electron chi connectivity index (χ2n) is 3.30. The highest BCUT2D eigenvalue weighted by Gasteiger charge is 2.24. The van der Waals surface area contributed by atoms with Crippen LogP contribution >= 0.6 is 15.9 Å². The van der Waals surface area contributed by atoms with E-state index in [4.69, 9.17) is 4.74 Å². The molecule has 3 nitrogen and oxygen atoms in total. The summed E-state index contributed by atoms with van der Waals surface area (Å²) < 4.78 is 5.84. The van der Waals surface area contributed by atoms with Crippen LogP contribution < -0.4 is 0 Å². The number of carbonyl (C=O) groups excluding carboxylic acids is 1. The monoisotopic (exact) mass is 267 g/mol. The molecule has 1 heterocycles. The molecule has 0 saturated carbocycles. The van der Waals surface area contributed by atoms with Gasteiger partial charge < -0.3 is 4.74 Å². The van der Waals surface area contributed by atoms with Crippen LogP contribution in [-0.4, -0.2) is 24.8 Å². The number of carbonyl (C=O) groups is 1. The molecule has 2 rings (SSSR count). The summed E-state index contributed by atoms with van der Waals surface area (Å²) in [4.78, 5) is 15.3. The Morgan fingerprint density at radius 3 is 2.73 bits per heavy atom. The van der Waals surface area contributed by atoms with Crippen molar-refractivity contribution >= 4 is 28.1 Å². The molecule has 1 aliphatic rings. The average molecular weight is 268 g/mol. The number of hydrogen-bond acceptors (Lipinski definition) is 3. The first-order valence-electron chi connectivity index (χ1n) is 4.71. The number of cyclic esters (lactones) is 1. The van der Waals surface area contributed by atoms with Gasteiger partial charge in [0.05, 0.1) is 6.61 Å². The van der Waals surface area contributed by atoms with Gasteiger partial charge in [-0.1, -0.05) is 28.1 Å². The maximum atomic E-state index is 11.1. The number of ether oxygens (including phenoxy) is 1. The van der Waals surface area contributed by atoms with Crippen LogP contribution in [0.1, 0.15) is 12.0 Å². The first-order valence-corrected chi connectivity index (χ1v) is 5.50. The van der Waals surface area contributed by atoms with Crippen molar-refractivity contribution in [2.75, 3.05) is 6.61 Å². The van der Waals surface area contributed by atoms with Gasteiger partial charge in [-0.2, -0.15) is 0 Å². The topological polar surface area (TPSA) is 38.7 Å². The molecule has 0 N–H and O–H groups in total. The lowest BCUT2D eigenvalue weighted by Crippen LogP contribution is -2.11. The summed E-state index contributed by atoms with van der Waals surface area (Å²) in [7, 11) is 0. The van der Waals surface area contributed by atoms with Gasteiger partial charge in [0.25, 0.3) is 0 Å². The third-order valence-electron chi connectivity index (χ3n) is 2.18. The Kier molecular flexibility index (Phi) is 3.16. The number of rotatable bonds is 2. The number of esters is 1. The zero-order valence-corrected chi connectivity index (χ0v) is 9.61. The van der Waals surface area contributed by atoms with Crippen molar-refractivity contribution in [3.63, 3.8) is 0 Å². The SMILES string of the molecule is O=C1OCCC1N=Cc1ccc(Br)cc1. The fourth-order valence-corrected chi connectivity index (χ4v) is 1.61. The Bertz CT molecular complexity index is 386. The number of hydrogen-bond donors (Lipinski definition) is 0. The van der Waals surface area contributed by atoms with Crippen molar-refractivity contribution in [3.8, 4) is 0 Å². The molecule has 0 aliphatic carbocycles. The standard InChI is InChI=1S/C11H10BrNO2/c12-9-3-1-8(2-4-9)7-13-10-5-6-15-11(10)14/h1-4,7,10H,5-6H2. The highest BCUT2D eigenvalue weighted by molar-refractivity contribution is 9.10. The quantitative estimate of drug-likeness (QED) is 0.609. The average Bonchev–Trinajstić information content (AvgIpc) is 2.63. The fourth-order valence-electron chi connectivity index (χ4n) is 1.35. The van der Waals surface area contributed by atoms with Crippen LogP contribution in [0.4, 0.5) is 0 Å². The number of aliphatic imine (C=N–C) groups is 1. The molecule has 1 atom stereocenters. The molecule has 0 radical (unpaired) electrons. The van der Waals surface area contributed by atoms with Gasteiger partial charge in [-0.15, -0.1) is 0 Å². The molecule has 15 heavy (non-hydrogen) atoms. The van der Waals surface area contributed by atoms with E-state index >= 15 is 0 Å². The lowest BCUT2D eigenvalue weighted by atomic mass is 10.2. The minimum Gasteiger partial charge on any atom is -0.464 e. The largest absolute Gasteiger partial charge is 0.464 e. The van der Waals surface area contributed by atoms with Gasteiger partial charge in [0.2, 0.25) is 0 Å². The second-order valence-corrected chi connectivity index (χ2v) is 4.22. The molecule has 1 aliphatic heterocycles. The van der Waals surface area contributed by atoms with E-state index in [0.29, 0.717) is 13.0 Å². The molecule has 0 aromatic heterocycles. The van der Waals surface area contributed by atoms with Gasteiger partial charge in [-0.3, -0.25) is 4.99 Å². The molecule has 1 fully saturated rings. The third kappa shape index (κ3) is 2.65. The first kappa shape index (κ1) is 10.4. The maximum Gasteiger partial charge on any atom is 0.330 e. The van der Waals surface area contributed by atoms with Crippen LogP contribution in [0.3, 0.4) is 0 Å². The van der Waals surface area contributed by atoms with Crippen molar-refractivity contribution < 1.29 is 9.53 Å². The van der Waals surface area contributed by atoms with Gasteiger partial charge in [0.15, 0.2) is 6.04 Å². The molecule has 78 valence electrons. The van der Waals surface area contributed by atoms with Gasteiger partial charge in [-0.25, -0.2) is 4.79 Å². The summed E-state index contributed by atoms with van der Waals surface area (Å²) >= 11 is 3.35. The molecule has 1 unspecified atom stereocenters. The number of nitrogens with zero attached hydrogens (tertiary/aromatic N) is 1. The maximum absolute atomic E-state index is 11.1. The molecule has 1 aromatic carbocycles. The van der Waals surface area contributed by atoms with Crippen molar-refractivity contribution in [2.24, 2.45) is 4.99 Å². The van der Waals surface area contributed by atoms with Crippen LogP contribution in [0.5, 0.6) is 0 Å². The number of benzene rings is 1. The minimum atomic E-state index is -0.311. The molecule has 1 aromatic rings. The lowest BCUT2D eigenvalue weighted by Gasteiger charge is -1.97. The van der Waals surface area contributed by atoms with Crippen LogP contribution in [0, 0.1) is 0 Å². The van der Waals surface area contributed by atoms with E-state index in [1.165, 1.54) is 0 Å². The van der Waals surface area contributed by atoms with Crippen LogP contribution in [0.15, 0.2) is 33.7 Å². The van der Waals surface area contributed by atoms with Crippen LogP contribution in [0.2, 0.25) is 0 Å². The summed E-state index contributed by atoms with van der Waals surface area (Å²) in [6.07, 6.45) is 2.40. The Hall–Kier alpha value is -1.16. The van der Waals surface area contributed by atoms with Gasteiger partial charge in [0.1, 0.15) is 0 Å². The third-order valence-corrected chi connectivity index (χ3v) is 2.71. The van der Waals surface area contributed by atoms with E-state index in [1.54, 1.807) is 6.21 Å². The van der Waals surface area contributed by atoms with E-state index in [1.807, 2.05) is 24.3 Å². The fraction of sp³-hybridized carbons (Fsp3) is 0.273. The van der Waals surface area contributed by atoms with E-state index in [2.05, 4.69) is 20.9 Å². The Morgan fingerprint density at radius 1 is 1.40 bits per heavy atom. The summed E-state index contributed by atoms with van der Waals surface area (Å²) in [5, 5.41) is 0. The summed E-state index contributed by atoms with van der Waals surface area (Å²) in [6.45, 7) is 0.487. The minimum absolute atomic E-state index is 0.219. The highest BCUT2D eigenvalue weighted by atomic mass is 79.9. The predicted molar refractivity (Wildman–Crippen MR) is 61.1 cm³/mol. The van der Waals surface area contributed by atoms with Crippen molar-refractivity contribution in [2.45, 2.75) is 12.5 Å². The summed E-state index contributed by atoms with van der Waals surface area (Å²) in [5.74, 6) is -0.219. The Labute approximate surface area is 96.3 Å². The van der Waals surface area contributed by atoms with E-state index in [-0.39, 0.29) is 12.0 Å². The van der Waals surface area contributed by atoms with Gasteiger partial charge >= 0.3 is 5.97 Å². The molecular weight excluding hydrogens is 258 g/mol. The lowest BCUT2D eigenvalue weighted by molar-refractivity contribution is -0.138. The summed E-state index contributed by atoms with van der Waals surface area (Å²) in [5.41, 5.74) is 0.984. The van der Waals surface area contributed by atoms with Crippen LogP contribution in [0.25, 0.3) is 0 Å². The van der Waals surface area contributed by atoms with Crippen molar-refractivity contribution in [3.05, 3.63) is 34.3 Å². The molecule has 4 heteroatoms. The first-order chi connectivity index (χ1) is 7.25. The summed E-state index contributed by atoms with van der Waals surface area (Å²) in [6, 6.07) is 7.44. The molecule has 1 saturated heterocycles. The highest BCUT2D eigenvalue weighted by Crippen LogP contribution is 2.12. The number of halogens is 1. The van der Waals surface area contributed by atoms with E-state index < -0.39 is 0 Å². The second kappa shape index (κ2) is 4.57. The smallest absolute Gasteiger partial charge is 0.330 e. The van der Waals surface area contributed by atoms with Crippen LogP contribution in [-0.2, 0) is 9.53 Å². The molecule has 0 bridgehead atoms. The molecular formula is C11H10BrNO2. The molecule has 0 spiro atoms. The normalized spacial score (nSPS) is 20.9. The zero-order chi connectivity index (χ0) is 10.7.